The molecule has 0 atom stereocenters. The van der Waals surface area contributed by atoms with E-state index in [1.165, 1.54) is 0 Å². The van der Waals surface area contributed by atoms with E-state index < -0.39 is 11.6 Å². The number of hydrogen-bond acceptors (Lipinski definition) is 4. The summed E-state index contributed by atoms with van der Waals surface area (Å²) in [6.07, 6.45) is 5.44. The van der Waals surface area contributed by atoms with E-state index >= 15 is 0 Å². The highest BCUT2D eigenvalue weighted by Crippen LogP contribution is 2.45. The summed E-state index contributed by atoms with van der Waals surface area (Å²) < 4.78 is 0. The van der Waals surface area contributed by atoms with Crippen LogP contribution in [-0.4, -0.2) is 77.4 Å². The van der Waals surface area contributed by atoms with E-state index in [9.17, 15) is 14.4 Å². The van der Waals surface area contributed by atoms with E-state index in [2.05, 4.69) is 37.9 Å². The summed E-state index contributed by atoms with van der Waals surface area (Å²) >= 11 is 0. The lowest BCUT2D eigenvalue weighted by atomic mass is 9.65. The molecule has 3 fully saturated rings. The molecule has 0 unspecified atom stereocenters. The molecule has 4 amide bonds. The maximum absolute atomic E-state index is 13.1. The molecule has 3 aliphatic rings. The molecular weight excluding hydrogens is 368 g/mol. The highest BCUT2D eigenvalue weighted by Gasteiger charge is 2.53. The largest absolute Gasteiger partial charge is 0.339 e. The van der Waals surface area contributed by atoms with E-state index in [4.69, 9.17) is 0 Å². The number of hydrogen-bond donors (Lipinski definition) is 1. The number of rotatable bonds is 6. The van der Waals surface area contributed by atoms with Crippen molar-refractivity contribution in [2.45, 2.75) is 71.8 Å². The second-order valence-electron chi connectivity index (χ2n) is 9.74. The van der Waals surface area contributed by atoms with Crippen molar-refractivity contribution < 1.29 is 14.4 Å². The van der Waals surface area contributed by atoms with Gasteiger partial charge in [-0.25, -0.2) is 4.79 Å². The highest BCUT2D eigenvalue weighted by molar-refractivity contribution is 6.09. The van der Waals surface area contributed by atoms with Crippen LogP contribution in [-0.2, 0) is 9.59 Å². The number of nitrogens with one attached hydrogen (secondary N) is 1. The first-order valence-electron chi connectivity index (χ1n) is 11.4. The molecule has 1 aliphatic carbocycles. The molecule has 164 valence electrons. The van der Waals surface area contributed by atoms with Gasteiger partial charge >= 0.3 is 6.03 Å². The molecule has 2 saturated heterocycles. The number of nitrogens with zero attached hydrogens (tertiary/aromatic N) is 3. The lowest BCUT2D eigenvalue weighted by Gasteiger charge is -2.42. The first kappa shape index (κ1) is 22.1. The smallest absolute Gasteiger partial charge is 0.325 e. The molecule has 2 heterocycles. The van der Waals surface area contributed by atoms with E-state index in [-0.39, 0.29) is 23.8 Å². The van der Waals surface area contributed by atoms with Crippen molar-refractivity contribution >= 4 is 17.8 Å². The zero-order chi connectivity index (χ0) is 21.2. The quantitative estimate of drug-likeness (QED) is 0.688. The Morgan fingerprint density at radius 2 is 1.72 bits per heavy atom. The second-order valence-corrected chi connectivity index (χ2v) is 9.74. The van der Waals surface area contributed by atoms with Gasteiger partial charge in [0.1, 0.15) is 12.1 Å². The normalized spacial score (nSPS) is 28.9. The number of imide groups is 1. The number of piperazine rings is 1. The first-order valence-corrected chi connectivity index (χ1v) is 11.4. The van der Waals surface area contributed by atoms with Crippen molar-refractivity contribution in [1.82, 2.24) is 20.0 Å². The van der Waals surface area contributed by atoms with Gasteiger partial charge in [0.05, 0.1) is 0 Å². The van der Waals surface area contributed by atoms with Gasteiger partial charge in [0.15, 0.2) is 0 Å². The summed E-state index contributed by atoms with van der Waals surface area (Å²) in [5.41, 5.74) is -0.541. The number of carbonyl (C=O) groups excluding carboxylic acids is 3. The van der Waals surface area contributed by atoms with Crippen molar-refractivity contribution in [3.05, 3.63) is 0 Å². The van der Waals surface area contributed by atoms with Gasteiger partial charge in [-0.2, -0.15) is 0 Å². The summed E-state index contributed by atoms with van der Waals surface area (Å²) in [6, 6.07) is -0.402. The van der Waals surface area contributed by atoms with Gasteiger partial charge in [0.25, 0.3) is 5.91 Å². The van der Waals surface area contributed by atoms with E-state index in [1.807, 2.05) is 0 Å². The Balaban J connectivity index is 1.57. The fourth-order valence-corrected chi connectivity index (χ4v) is 5.11. The van der Waals surface area contributed by atoms with Crippen molar-refractivity contribution in [2.75, 3.05) is 39.3 Å². The first-order chi connectivity index (χ1) is 13.7. The van der Waals surface area contributed by atoms with E-state index in [0.717, 1.165) is 50.2 Å². The molecule has 0 aromatic rings. The molecule has 29 heavy (non-hydrogen) atoms. The third-order valence-corrected chi connectivity index (χ3v) is 7.66. The topological polar surface area (TPSA) is 73.0 Å². The molecule has 2 aliphatic heterocycles. The molecule has 3 rings (SSSR count). The number of carbonyl (C=O) groups is 3. The van der Waals surface area contributed by atoms with Crippen LogP contribution in [0, 0.1) is 11.3 Å². The van der Waals surface area contributed by atoms with Gasteiger partial charge in [-0.05, 0) is 50.0 Å². The maximum Gasteiger partial charge on any atom is 0.325 e. The van der Waals surface area contributed by atoms with Crippen LogP contribution in [0.15, 0.2) is 0 Å². The maximum atomic E-state index is 13.1. The molecular formula is C22H38N4O3. The molecule has 0 aromatic heterocycles. The highest BCUT2D eigenvalue weighted by atomic mass is 16.2. The molecule has 0 aromatic carbocycles. The van der Waals surface area contributed by atoms with Gasteiger partial charge in [-0.15, -0.1) is 0 Å². The molecule has 1 N–H and O–H groups in total. The van der Waals surface area contributed by atoms with Crippen molar-refractivity contribution in [2.24, 2.45) is 11.3 Å². The van der Waals surface area contributed by atoms with Crippen LogP contribution >= 0.6 is 0 Å². The molecule has 1 spiro atoms. The Morgan fingerprint density at radius 1 is 1.10 bits per heavy atom. The Hall–Kier alpha value is -1.63. The molecule has 1 saturated carbocycles. The zero-order valence-corrected chi connectivity index (χ0v) is 18.6. The van der Waals surface area contributed by atoms with Crippen LogP contribution in [0.5, 0.6) is 0 Å². The third-order valence-electron chi connectivity index (χ3n) is 7.66. The Kier molecular flexibility index (Phi) is 6.56. The second kappa shape index (κ2) is 8.62. The molecule has 7 nitrogen and oxygen atoms in total. The van der Waals surface area contributed by atoms with Gasteiger partial charge in [-0.3, -0.25) is 19.4 Å². The van der Waals surface area contributed by atoms with Crippen LogP contribution in [0.2, 0.25) is 0 Å². The lowest BCUT2D eigenvalue weighted by molar-refractivity contribution is -0.140. The third kappa shape index (κ3) is 4.44. The van der Waals surface area contributed by atoms with Crippen molar-refractivity contribution in [1.29, 1.82) is 0 Å². The predicted molar refractivity (Wildman–Crippen MR) is 112 cm³/mol. The molecule has 7 heteroatoms. The Labute approximate surface area is 175 Å². The predicted octanol–water partition coefficient (Wildman–Crippen LogP) is 2.46. The van der Waals surface area contributed by atoms with Crippen LogP contribution < -0.4 is 5.32 Å². The van der Waals surface area contributed by atoms with Crippen LogP contribution in [0.4, 0.5) is 4.79 Å². The lowest BCUT2D eigenvalue weighted by Crippen LogP contribution is -2.53. The molecule has 0 bridgehead atoms. The van der Waals surface area contributed by atoms with E-state index in [0.29, 0.717) is 31.8 Å². The van der Waals surface area contributed by atoms with E-state index in [1.54, 1.807) is 4.90 Å². The average Bonchev–Trinajstić information content (AvgIpc) is 2.93. The van der Waals surface area contributed by atoms with Gasteiger partial charge < -0.3 is 10.2 Å². The SMILES string of the molecule is CCCN1CCN(C(=O)CN2C(=O)NC3(CCC(C(C)(C)CC)CC3)C2=O)CC1. The fraction of sp³-hybridized carbons (Fsp3) is 0.864. The Bertz CT molecular complexity index is 632. The van der Waals surface area contributed by atoms with Crippen LogP contribution in [0.1, 0.15) is 66.2 Å². The van der Waals surface area contributed by atoms with Gasteiger partial charge in [-0.1, -0.05) is 34.1 Å². The summed E-state index contributed by atoms with van der Waals surface area (Å²) in [5.74, 6) is 0.244. The van der Waals surface area contributed by atoms with Crippen molar-refractivity contribution in [3.8, 4) is 0 Å². The van der Waals surface area contributed by atoms with Crippen LogP contribution in [0.25, 0.3) is 0 Å². The molecule has 0 radical (unpaired) electrons. The van der Waals surface area contributed by atoms with Crippen molar-refractivity contribution in [3.63, 3.8) is 0 Å². The average molecular weight is 407 g/mol. The summed E-state index contributed by atoms with van der Waals surface area (Å²) in [7, 11) is 0. The van der Waals surface area contributed by atoms with Crippen LogP contribution in [0.3, 0.4) is 0 Å². The van der Waals surface area contributed by atoms with Gasteiger partial charge in [0.2, 0.25) is 5.91 Å². The monoisotopic (exact) mass is 406 g/mol. The summed E-state index contributed by atoms with van der Waals surface area (Å²) in [6.45, 7) is 12.9. The Morgan fingerprint density at radius 3 is 2.28 bits per heavy atom. The minimum absolute atomic E-state index is 0.123. The number of amides is 4. The fourth-order valence-electron chi connectivity index (χ4n) is 5.11. The number of urea groups is 1. The van der Waals surface area contributed by atoms with Gasteiger partial charge in [0, 0.05) is 26.2 Å². The summed E-state index contributed by atoms with van der Waals surface area (Å²) in [5, 5.41) is 2.95. The standard InChI is InChI=1S/C22H38N4O3/c1-5-11-24-12-14-25(15-13-24)18(27)16-26-19(28)22(23-20(26)29)9-7-17(8-10-22)21(3,4)6-2/h17H,5-16H2,1-4H3,(H,23,29). The minimum Gasteiger partial charge on any atom is -0.339 e. The zero-order valence-electron chi connectivity index (χ0n) is 18.6. The summed E-state index contributed by atoms with van der Waals surface area (Å²) in [4.78, 5) is 43.7. The minimum atomic E-state index is -0.794.